The van der Waals surface area contributed by atoms with E-state index >= 15 is 0 Å². The Hall–Kier alpha value is -3.49. The van der Waals surface area contributed by atoms with E-state index in [1.165, 1.54) is 23.9 Å². The number of anilines is 1. The van der Waals surface area contributed by atoms with Gasteiger partial charge in [-0.25, -0.2) is 4.39 Å². The molecule has 1 aromatic carbocycles. The normalized spacial score (nSPS) is 14.0. The minimum Gasteiger partial charge on any atom is -0.481 e. The number of carbonyl (C=O) groups excluding carboxylic acids is 1. The molecule has 2 aromatic rings. The summed E-state index contributed by atoms with van der Waals surface area (Å²) in [5.41, 5.74) is 1.55. The molecular formula is C33H41FN4O4S2. The van der Waals surface area contributed by atoms with Crippen molar-refractivity contribution in [2.24, 2.45) is 0 Å². The minimum absolute atomic E-state index is 0.0389. The van der Waals surface area contributed by atoms with Gasteiger partial charge in [-0.1, -0.05) is 88.0 Å². The maximum Gasteiger partial charge on any atom is 0.303 e. The summed E-state index contributed by atoms with van der Waals surface area (Å²) in [5, 5.41) is 21.9. The summed E-state index contributed by atoms with van der Waals surface area (Å²) in [6, 6.07) is 8.15. The van der Waals surface area contributed by atoms with E-state index in [1.54, 1.807) is 34.6 Å². The Balaban J connectivity index is 1.75. The number of halogens is 1. The lowest BCUT2D eigenvalue weighted by atomic mass is 10.0. The largest absolute Gasteiger partial charge is 0.481 e. The number of hydrogen-bond acceptors (Lipinski definition) is 7. The first-order valence-corrected chi connectivity index (χ1v) is 16.5. The van der Waals surface area contributed by atoms with Crippen LogP contribution in [0.15, 0.2) is 34.0 Å². The lowest BCUT2D eigenvalue weighted by Crippen LogP contribution is -2.29. The lowest BCUT2D eigenvalue weighted by Gasteiger charge is -2.20. The van der Waals surface area contributed by atoms with E-state index < -0.39 is 5.97 Å². The van der Waals surface area contributed by atoms with Crippen LogP contribution >= 0.6 is 24.0 Å². The molecule has 1 aliphatic rings. The lowest BCUT2D eigenvalue weighted by molar-refractivity contribution is -0.137. The second kappa shape index (κ2) is 17.7. The second-order valence-corrected chi connectivity index (χ2v) is 12.6. The molecule has 2 heterocycles. The monoisotopic (exact) mass is 640 g/mol. The van der Waals surface area contributed by atoms with Crippen LogP contribution in [0.2, 0.25) is 0 Å². The predicted octanol–water partition coefficient (Wildman–Crippen LogP) is 7.38. The van der Waals surface area contributed by atoms with Crippen LogP contribution in [0.1, 0.15) is 99.8 Å². The van der Waals surface area contributed by atoms with Crippen molar-refractivity contribution in [2.75, 3.05) is 11.9 Å². The number of thioether (sulfide) groups is 1. The number of aliphatic carboxylic acids is 1. The summed E-state index contributed by atoms with van der Waals surface area (Å²) in [5.74, 6) is -0.757. The molecule has 0 unspecified atom stereocenters. The minimum atomic E-state index is -0.743. The molecule has 1 fully saturated rings. The van der Waals surface area contributed by atoms with E-state index in [9.17, 15) is 24.0 Å². The number of carboxylic acid groups (broad SMARTS) is 1. The fourth-order valence-corrected chi connectivity index (χ4v) is 6.39. The number of nitriles is 1. The van der Waals surface area contributed by atoms with Crippen LogP contribution in [-0.2, 0) is 22.7 Å². The van der Waals surface area contributed by atoms with E-state index in [4.69, 9.17) is 17.3 Å². The highest BCUT2D eigenvalue weighted by atomic mass is 32.2. The number of thiocarbonyl (C=S) groups is 1. The Bertz CT molecular complexity index is 1460. The molecule has 0 spiro atoms. The Morgan fingerprint density at radius 3 is 2.30 bits per heavy atom. The summed E-state index contributed by atoms with van der Waals surface area (Å²) >= 11 is 6.79. The van der Waals surface area contributed by atoms with Gasteiger partial charge < -0.3 is 10.4 Å². The Morgan fingerprint density at radius 1 is 1.05 bits per heavy atom. The van der Waals surface area contributed by atoms with Crippen molar-refractivity contribution in [3.63, 3.8) is 0 Å². The van der Waals surface area contributed by atoms with E-state index in [2.05, 4.69) is 11.4 Å². The first kappa shape index (κ1) is 35.0. The SMILES string of the molecule is CCCCn1c(NCc2ccc(F)cc2)c(/C=C2/SC(=S)N(CCCCCCCCCCC(=O)O)C2=O)c(C)c(C#N)c1=O. The average molecular weight is 641 g/mol. The summed E-state index contributed by atoms with van der Waals surface area (Å²) in [7, 11) is 0. The zero-order valence-corrected chi connectivity index (χ0v) is 27.1. The zero-order chi connectivity index (χ0) is 32.1. The zero-order valence-electron chi connectivity index (χ0n) is 25.5. The van der Waals surface area contributed by atoms with Gasteiger partial charge in [-0.05, 0) is 55.5 Å². The third kappa shape index (κ3) is 9.76. The molecule has 2 N–H and O–H groups in total. The third-order valence-electron chi connectivity index (χ3n) is 7.65. The van der Waals surface area contributed by atoms with Gasteiger partial charge in [-0.3, -0.25) is 23.9 Å². The van der Waals surface area contributed by atoms with Crippen molar-refractivity contribution in [1.29, 1.82) is 5.26 Å². The van der Waals surface area contributed by atoms with Gasteiger partial charge in [0, 0.05) is 31.6 Å². The summed E-state index contributed by atoms with van der Waals surface area (Å²) in [4.78, 5) is 39.5. The molecule has 1 amide bonds. The number of carboxylic acids is 1. The predicted molar refractivity (Wildman–Crippen MR) is 178 cm³/mol. The number of unbranched alkanes of at least 4 members (excludes halogenated alkanes) is 8. The topological polar surface area (TPSA) is 115 Å². The highest BCUT2D eigenvalue weighted by Gasteiger charge is 2.32. The number of benzene rings is 1. The molecule has 0 aliphatic carbocycles. The van der Waals surface area contributed by atoms with Crippen LogP contribution in [-0.4, -0.2) is 37.3 Å². The number of nitrogens with zero attached hydrogens (tertiary/aromatic N) is 3. The van der Waals surface area contributed by atoms with Crippen LogP contribution in [0, 0.1) is 24.1 Å². The molecule has 1 aliphatic heterocycles. The van der Waals surface area contributed by atoms with Crippen LogP contribution < -0.4 is 10.9 Å². The van der Waals surface area contributed by atoms with Crippen molar-refractivity contribution in [2.45, 2.75) is 97.6 Å². The highest BCUT2D eigenvalue weighted by molar-refractivity contribution is 8.26. The number of nitrogens with one attached hydrogen (secondary N) is 1. The van der Waals surface area contributed by atoms with Gasteiger partial charge in [0.05, 0.1) is 4.91 Å². The number of rotatable bonds is 18. The first-order chi connectivity index (χ1) is 21.2. The molecule has 1 saturated heterocycles. The number of carbonyl (C=O) groups is 2. The first-order valence-electron chi connectivity index (χ1n) is 15.3. The molecule has 0 bridgehead atoms. The molecule has 0 atom stereocenters. The Labute approximate surface area is 268 Å². The van der Waals surface area contributed by atoms with Gasteiger partial charge in [0.1, 0.15) is 27.6 Å². The van der Waals surface area contributed by atoms with Crippen molar-refractivity contribution < 1.29 is 19.1 Å². The van der Waals surface area contributed by atoms with Crippen LogP contribution in [0.3, 0.4) is 0 Å². The van der Waals surface area contributed by atoms with Crippen molar-refractivity contribution in [3.05, 3.63) is 67.6 Å². The van der Waals surface area contributed by atoms with Gasteiger partial charge in [0.25, 0.3) is 11.5 Å². The quantitative estimate of drug-likeness (QED) is 0.0986. The smallest absolute Gasteiger partial charge is 0.303 e. The van der Waals surface area contributed by atoms with Crippen molar-refractivity contribution >= 4 is 52.1 Å². The fourth-order valence-electron chi connectivity index (χ4n) is 5.10. The van der Waals surface area contributed by atoms with Gasteiger partial charge in [-0.2, -0.15) is 5.26 Å². The summed E-state index contributed by atoms with van der Waals surface area (Å²) < 4.78 is 15.5. The number of hydrogen-bond donors (Lipinski definition) is 2. The molecule has 0 radical (unpaired) electrons. The number of pyridine rings is 1. The molecule has 1 aromatic heterocycles. The van der Waals surface area contributed by atoms with E-state index in [0.29, 0.717) is 45.8 Å². The maximum absolute atomic E-state index is 13.5. The molecule has 3 rings (SSSR count). The fraction of sp³-hybridized carbons (Fsp3) is 0.485. The second-order valence-electron chi connectivity index (χ2n) is 11.0. The van der Waals surface area contributed by atoms with Crippen LogP contribution in [0.5, 0.6) is 0 Å². The molecular weight excluding hydrogens is 600 g/mol. The number of amides is 1. The van der Waals surface area contributed by atoms with Gasteiger partial charge in [-0.15, -0.1) is 0 Å². The van der Waals surface area contributed by atoms with Gasteiger partial charge in [0.2, 0.25) is 0 Å². The molecule has 44 heavy (non-hydrogen) atoms. The molecule has 11 heteroatoms. The van der Waals surface area contributed by atoms with Gasteiger partial charge in [0.15, 0.2) is 0 Å². The van der Waals surface area contributed by atoms with Crippen LogP contribution in [0.4, 0.5) is 10.2 Å². The molecule has 236 valence electrons. The third-order valence-corrected chi connectivity index (χ3v) is 9.03. The summed E-state index contributed by atoms with van der Waals surface area (Å²) in [6.07, 6.45) is 11.2. The van der Waals surface area contributed by atoms with Gasteiger partial charge >= 0.3 is 5.97 Å². The van der Waals surface area contributed by atoms with Crippen molar-refractivity contribution in [1.82, 2.24) is 9.47 Å². The van der Waals surface area contributed by atoms with E-state index in [-0.39, 0.29) is 29.3 Å². The Morgan fingerprint density at radius 2 is 1.68 bits per heavy atom. The van der Waals surface area contributed by atoms with Crippen LogP contribution in [0.25, 0.3) is 6.08 Å². The molecule has 0 saturated carbocycles. The standard InChI is InChI=1S/C33H41FN4O4S2/c1-3-4-18-37-30(36-22-24-14-16-25(34)17-15-24)26(23(2)27(21-35)31(37)41)20-28-32(42)38(33(43)44-28)19-12-10-8-6-5-7-9-11-13-29(39)40/h14-17,20,36H,3-13,18-19,22H2,1-2H3,(H,39,40)/b28-20+. The highest BCUT2D eigenvalue weighted by Crippen LogP contribution is 2.35. The Kier molecular flexibility index (Phi) is 14.1. The van der Waals surface area contributed by atoms with Crippen molar-refractivity contribution in [3.8, 4) is 6.07 Å². The van der Waals surface area contributed by atoms with E-state index in [0.717, 1.165) is 69.8 Å². The molecule has 8 nitrogen and oxygen atoms in total. The number of aromatic nitrogens is 1. The summed E-state index contributed by atoms with van der Waals surface area (Å²) in [6.45, 7) is 4.98. The van der Waals surface area contributed by atoms with E-state index in [1.807, 2.05) is 6.92 Å². The average Bonchev–Trinajstić information content (AvgIpc) is 3.26. The maximum atomic E-state index is 13.5.